The first-order valence-electron chi connectivity index (χ1n) is 9.15. The summed E-state index contributed by atoms with van der Waals surface area (Å²) < 4.78 is 46.5. The fraction of sp³-hybridized carbons (Fsp3) is 0.611. The third-order valence-corrected chi connectivity index (χ3v) is 4.96. The number of fused-ring (bicyclic) bond motifs is 1. The van der Waals surface area contributed by atoms with Gasteiger partial charge in [-0.1, -0.05) is 13.3 Å². The minimum absolute atomic E-state index is 0.0219. The van der Waals surface area contributed by atoms with Crippen molar-refractivity contribution in [2.75, 3.05) is 18.2 Å². The third kappa shape index (κ3) is 4.23. The minimum Gasteiger partial charge on any atom is -0.383 e. The lowest BCUT2D eigenvalue weighted by atomic mass is 9.93. The molecule has 3 rings (SSSR count). The van der Waals surface area contributed by atoms with Crippen molar-refractivity contribution in [3.05, 3.63) is 17.5 Å². The van der Waals surface area contributed by atoms with Gasteiger partial charge in [-0.2, -0.15) is 13.2 Å². The average Bonchev–Trinajstić information content (AvgIpc) is 2.61. The van der Waals surface area contributed by atoms with Gasteiger partial charge in [0.25, 0.3) is 0 Å². The maximum Gasteiger partial charge on any atom is 0.420 e. The second-order valence-electron chi connectivity index (χ2n) is 6.88. The van der Waals surface area contributed by atoms with Gasteiger partial charge in [-0.15, -0.1) is 0 Å². The Morgan fingerprint density at radius 1 is 1.22 bits per heavy atom. The number of hydrogen-bond acceptors (Lipinski definition) is 6. The number of rotatable bonds is 5. The van der Waals surface area contributed by atoms with Crippen LogP contribution < -0.4 is 11.1 Å². The van der Waals surface area contributed by atoms with Gasteiger partial charge in [0.05, 0.1) is 22.7 Å². The van der Waals surface area contributed by atoms with Crippen LogP contribution in [-0.4, -0.2) is 34.2 Å². The summed E-state index contributed by atoms with van der Waals surface area (Å²) in [6, 6.07) is 0.109. The van der Waals surface area contributed by atoms with Gasteiger partial charge in [0.1, 0.15) is 11.4 Å². The van der Waals surface area contributed by atoms with Gasteiger partial charge < -0.3 is 15.8 Å². The molecule has 0 radical (unpaired) electrons. The molecule has 6 nitrogen and oxygen atoms in total. The van der Waals surface area contributed by atoms with E-state index in [0.717, 1.165) is 25.7 Å². The standard InChI is InChI=1S/C18H24F3N5O/c1-3-4-13-14(18(19,20)21)15-12(16(22)25-13)9-23-17(26-15)24-10-5-7-11(27-2)8-6-10/h9-11H,3-8H2,1-2H3,(H2,22,25)(H,23,24,26)/t10-,11+. The van der Waals surface area contributed by atoms with Crippen LogP contribution >= 0.6 is 0 Å². The molecular formula is C18H24F3N5O. The highest BCUT2D eigenvalue weighted by molar-refractivity contribution is 5.91. The Morgan fingerprint density at radius 2 is 1.93 bits per heavy atom. The molecule has 0 amide bonds. The average molecular weight is 383 g/mol. The summed E-state index contributed by atoms with van der Waals surface area (Å²) in [7, 11) is 1.69. The molecular weight excluding hydrogens is 359 g/mol. The van der Waals surface area contributed by atoms with Crippen LogP contribution in [0.15, 0.2) is 6.20 Å². The molecule has 0 unspecified atom stereocenters. The lowest BCUT2D eigenvalue weighted by molar-refractivity contribution is -0.137. The second-order valence-corrected chi connectivity index (χ2v) is 6.88. The number of nitrogens with zero attached hydrogens (tertiary/aromatic N) is 3. The Hall–Kier alpha value is -2.16. The smallest absolute Gasteiger partial charge is 0.383 e. The molecule has 0 spiro atoms. The van der Waals surface area contributed by atoms with Crippen LogP contribution in [-0.2, 0) is 17.3 Å². The van der Waals surface area contributed by atoms with Crippen molar-refractivity contribution in [3.8, 4) is 0 Å². The zero-order chi connectivity index (χ0) is 19.6. The maximum absolute atomic E-state index is 13.7. The highest BCUT2D eigenvalue weighted by atomic mass is 19.4. The van der Waals surface area contributed by atoms with E-state index in [4.69, 9.17) is 10.5 Å². The number of ether oxygens (including phenoxy) is 1. The van der Waals surface area contributed by atoms with Crippen LogP contribution in [0.2, 0.25) is 0 Å². The fourth-order valence-electron chi connectivity index (χ4n) is 3.57. The fourth-order valence-corrected chi connectivity index (χ4v) is 3.57. The number of anilines is 2. The monoisotopic (exact) mass is 383 g/mol. The highest BCUT2D eigenvalue weighted by Gasteiger charge is 2.37. The van der Waals surface area contributed by atoms with Gasteiger partial charge in [-0.3, -0.25) is 0 Å². The van der Waals surface area contributed by atoms with Crippen LogP contribution in [0.4, 0.5) is 24.9 Å². The molecule has 1 saturated carbocycles. The Bertz CT molecular complexity index is 804. The number of nitrogens with two attached hydrogens (primary N) is 1. The molecule has 27 heavy (non-hydrogen) atoms. The zero-order valence-electron chi connectivity index (χ0n) is 15.4. The van der Waals surface area contributed by atoms with Crippen molar-refractivity contribution < 1.29 is 17.9 Å². The molecule has 9 heteroatoms. The minimum atomic E-state index is -4.56. The van der Waals surface area contributed by atoms with Crippen molar-refractivity contribution in [1.82, 2.24) is 15.0 Å². The van der Waals surface area contributed by atoms with Gasteiger partial charge in [0.2, 0.25) is 5.95 Å². The predicted octanol–water partition coefficient (Wildman–Crippen LogP) is 3.95. The van der Waals surface area contributed by atoms with Crippen LogP contribution in [0.1, 0.15) is 50.3 Å². The number of aryl methyl sites for hydroxylation is 1. The molecule has 0 saturated heterocycles. The van der Waals surface area contributed by atoms with Crippen molar-refractivity contribution in [2.24, 2.45) is 0 Å². The van der Waals surface area contributed by atoms with Crippen LogP contribution in [0.25, 0.3) is 10.9 Å². The van der Waals surface area contributed by atoms with Gasteiger partial charge in [0.15, 0.2) is 0 Å². The third-order valence-electron chi connectivity index (χ3n) is 4.96. The van der Waals surface area contributed by atoms with E-state index in [1.165, 1.54) is 6.20 Å². The molecule has 1 aliphatic carbocycles. The van der Waals surface area contributed by atoms with E-state index in [1.54, 1.807) is 14.0 Å². The number of methoxy groups -OCH3 is 1. The molecule has 0 aromatic carbocycles. The number of pyridine rings is 1. The van der Waals surface area contributed by atoms with Crippen LogP contribution in [0, 0.1) is 0 Å². The first-order chi connectivity index (χ1) is 12.8. The molecule has 1 aliphatic rings. The van der Waals surface area contributed by atoms with E-state index >= 15 is 0 Å². The van der Waals surface area contributed by atoms with E-state index in [1.807, 2.05) is 0 Å². The van der Waals surface area contributed by atoms with E-state index in [2.05, 4.69) is 20.3 Å². The molecule has 2 aromatic rings. The van der Waals surface area contributed by atoms with Gasteiger partial charge in [-0.05, 0) is 32.1 Å². The lowest BCUT2D eigenvalue weighted by Crippen LogP contribution is -2.30. The first-order valence-corrected chi connectivity index (χ1v) is 9.15. The first kappa shape index (κ1) is 19.6. The molecule has 1 fully saturated rings. The summed E-state index contributed by atoms with van der Waals surface area (Å²) >= 11 is 0. The molecule has 2 heterocycles. The van der Waals surface area contributed by atoms with Crippen LogP contribution in [0.3, 0.4) is 0 Å². The number of aromatic nitrogens is 3. The van der Waals surface area contributed by atoms with Crippen molar-refractivity contribution in [2.45, 2.75) is 63.8 Å². The summed E-state index contributed by atoms with van der Waals surface area (Å²) in [4.78, 5) is 12.3. The summed E-state index contributed by atoms with van der Waals surface area (Å²) in [5.74, 6) is 0.204. The maximum atomic E-state index is 13.7. The normalized spacial score (nSPS) is 20.8. The molecule has 2 aromatic heterocycles. The van der Waals surface area contributed by atoms with Gasteiger partial charge in [-0.25, -0.2) is 15.0 Å². The van der Waals surface area contributed by atoms with Crippen LogP contribution in [0.5, 0.6) is 0 Å². The quantitative estimate of drug-likeness (QED) is 0.813. The molecule has 0 atom stereocenters. The van der Waals surface area contributed by atoms with E-state index in [-0.39, 0.29) is 46.9 Å². The number of hydrogen-bond donors (Lipinski definition) is 2. The highest BCUT2D eigenvalue weighted by Crippen LogP contribution is 2.38. The van der Waals surface area contributed by atoms with Crippen molar-refractivity contribution in [1.29, 1.82) is 0 Å². The lowest BCUT2D eigenvalue weighted by Gasteiger charge is -2.28. The summed E-state index contributed by atoms with van der Waals surface area (Å²) in [5.41, 5.74) is 4.79. The number of nitrogens with one attached hydrogen (secondary N) is 1. The Morgan fingerprint density at radius 3 is 2.52 bits per heavy atom. The largest absolute Gasteiger partial charge is 0.420 e. The van der Waals surface area contributed by atoms with E-state index in [0.29, 0.717) is 6.42 Å². The molecule has 148 valence electrons. The van der Waals surface area contributed by atoms with Gasteiger partial charge >= 0.3 is 6.18 Å². The topological polar surface area (TPSA) is 86.0 Å². The van der Waals surface area contributed by atoms with Gasteiger partial charge in [0, 0.05) is 19.3 Å². The summed E-state index contributed by atoms with van der Waals surface area (Å²) in [6.07, 6.45) is 1.20. The number of halogens is 3. The van der Waals surface area contributed by atoms with Crippen molar-refractivity contribution >= 4 is 22.7 Å². The second kappa shape index (κ2) is 7.84. The number of nitrogen functional groups attached to an aromatic ring is 1. The SMILES string of the molecule is CCCc1nc(N)c2cnc(N[C@H]3CC[C@@H](OC)CC3)nc2c1C(F)(F)F. The molecule has 0 aliphatic heterocycles. The molecule has 0 bridgehead atoms. The predicted molar refractivity (Wildman–Crippen MR) is 97.4 cm³/mol. The Balaban J connectivity index is 1.97. The van der Waals surface area contributed by atoms with Crippen molar-refractivity contribution in [3.63, 3.8) is 0 Å². The Kier molecular flexibility index (Phi) is 5.69. The Labute approximate surface area is 155 Å². The number of alkyl halides is 3. The van der Waals surface area contributed by atoms with E-state index in [9.17, 15) is 13.2 Å². The van der Waals surface area contributed by atoms with E-state index < -0.39 is 11.7 Å². The zero-order valence-corrected chi connectivity index (χ0v) is 15.4. The summed E-state index contributed by atoms with van der Waals surface area (Å²) in [6.45, 7) is 1.80. The summed E-state index contributed by atoms with van der Waals surface area (Å²) in [5, 5.41) is 3.28. The molecule has 3 N–H and O–H groups in total.